The first-order valence-corrected chi connectivity index (χ1v) is 10.5. The third kappa shape index (κ3) is 3.26. The Morgan fingerprint density at radius 2 is 1.93 bits per heavy atom. The molecule has 1 N–H and O–H groups in total. The normalized spacial score (nSPS) is 11.7. The molecule has 0 saturated carbocycles. The fourth-order valence-corrected chi connectivity index (χ4v) is 4.04. The highest BCUT2D eigenvalue weighted by Gasteiger charge is 2.15. The zero-order valence-corrected chi connectivity index (χ0v) is 17.2. The van der Waals surface area contributed by atoms with Crippen LogP contribution in [0.3, 0.4) is 0 Å². The van der Waals surface area contributed by atoms with E-state index in [1.165, 1.54) is 17.3 Å². The Morgan fingerprint density at radius 1 is 1.13 bits per heavy atom. The predicted octanol–water partition coefficient (Wildman–Crippen LogP) is 4.06. The topological polar surface area (TPSA) is 102 Å². The summed E-state index contributed by atoms with van der Waals surface area (Å²) in [6, 6.07) is 15.6. The van der Waals surface area contributed by atoms with Crippen molar-refractivity contribution in [3.8, 4) is 5.69 Å². The Hall–Kier alpha value is -3.46. The average Bonchev–Trinajstić information content (AvgIpc) is 3.37. The minimum Gasteiger partial charge on any atom is -0.449 e. The van der Waals surface area contributed by atoms with Gasteiger partial charge in [-0.15, -0.1) is 5.10 Å². The van der Waals surface area contributed by atoms with Crippen LogP contribution in [0.15, 0.2) is 62.9 Å². The van der Waals surface area contributed by atoms with Gasteiger partial charge in [0.2, 0.25) is 10.7 Å². The first-order valence-electron chi connectivity index (χ1n) is 9.52. The average molecular weight is 418 g/mol. The molecule has 0 aliphatic carbocycles. The van der Waals surface area contributed by atoms with Gasteiger partial charge in [-0.2, -0.15) is 4.68 Å². The molecule has 0 spiro atoms. The molecule has 0 aliphatic rings. The minimum atomic E-state index is -0.296. The van der Waals surface area contributed by atoms with Crippen LogP contribution in [0.25, 0.3) is 27.8 Å². The van der Waals surface area contributed by atoms with Crippen LogP contribution in [0.1, 0.15) is 31.2 Å². The predicted molar refractivity (Wildman–Crippen MR) is 115 cm³/mol. The van der Waals surface area contributed by atoms with Crippen LogP contribution in [0.2, 0.25) is 0 Å². The van der Waals surface area contributed by atoms with Crippen molar-refractivity contribution in [3.63, 3.8) is 0 Å². The van der Waals surface area contributed by atoms with E-state index in [9.17, 15) is 4.79 Å². The summed E-state index contributed by atoms with van der Waals surface area (Å²) < 4.78 is 7.32. The van der Waals surface area contributed by atoms with Crippen molar-refractivity contribution in [2.75, 3.05) is 0 Å². The summed E-state index contributed by atoms with van der Waals surface area (Å²) in [6.07, 6.45) is 0. The number of rotatable bonds is 5. The second-order valence-electron chi connectivity index (χ2n) is 7.20. The molecule has 0 radical (unpaired) electrons. The maximum Gasteiger partial charge on any atom is 0.294 e. The summed E-state index contributed by atoms with van der Waals surface area (Å²) in [7, 11) is 0. The van der Waals surface area contributed by atoms with Crippen molar-refractivity contribution < 1.29 is 4.42 Å². The van der Waals surface area contributed by atoms with Gasteiger partial charge >= 0.3 is 0 Å². The van der Waals surface area contributed by atoms with Crippen molar-refractivity contribution in [2.24, 2.45) is 0 Å². The number of aromatic nitrogens is 6. The molecule has 3 aromatic heterocycles. The summed E-state index contributed by atoms with van der Waals surface area (Å²) >= 11 is 1.40. The van der Waals surface area contributed by atoms with Gasteiger partial charge in [-0.05, 0) is 46.2 Å². The van der Waals surface area contributed by atoms with Crippen molar-refractivity contribution >= 4 is 33.8 Å². The Bertz CT molecular complexity index is 1400. The quantitative estimate of drug-likeness (QED) is 0.429. The molecule has 0 unspecified atom stereocenters. The fourth-order valence-electron chi connectivity index (χ4n) is 3.28. The van der Waals surface area contributed by atoms with E-state index in [0.29, 0.717) is 33.8 Å². The number of thioether (sulfide) groups is 1. The van der Waals surface area contributed by atoms with E-state index >= 15 is 0 Å². The Morgan fingerprint density at radius 3 is 2.73 bits per heavy atom. The SMILES string of the molecule is CC(C)c1ccc(-n2nnnc2SCc2nc3c(oc4ccccc43)c(=O)[nH]2)cc1. The molecule has 5 aromatic rings. The molecule has 0 aliphatic heterocycles. The van der Waals surface area contributed by atoms with Crippen LogP contribution in [0.5, 0.6) is 0 Å². The standard InChI is InChI=1S/C21H18N6O2S/c1-12(2)13-7-9-14(10-8-13)27-21(24-25-26-27)30-11-17-22-18-15-5-3-4-6-16(15)29-19(18)20(28)23-17/h3-10,12H,11H2,1-2H3,(H,22,23,28). The van der Waals surface area contributed by atoms with Gasteiger partial charge in [0.05, 0.1) is 11.4 Å². The number of nitrogens with one attached hydrogen (secondary N) is 1. The number of nitrogens with zero attached hydrogens (tertiary/aromatic N) is 5. The maximum absolute atomic E-state index is 12.5. The second-order valence-corrected chi connectivity index (χ2v) is 8.14. The van der Waals surface area contributed by atoms with E-state index in [2.05, 4.69) is 51.5 Å². The molecular formula is C21H18N6O2S. The molecule has 5 rings (SSSR count). The number of H-pyrrole nitrogens is 1. The van der Waals surface area contributed by atoms with Crippen LogP contribution >= 0.6 is 11.8 Å². The third-order valence-corrected chi connectivity index (χ3v) is 5.79. The van der Waals surface area contributed by atoms with E-state index in [1.54, 1.807) is 4.68 Å². The molecule has 30 heavy (non-hydrogen) atoms. The zero-order chi connectivity index (χ0) is 20.7. The van der Waals surface area contributed by atoms with Crippen LogP contribution in [0.4, 0.5) is 0 Å². The number of para-hydroxylation sites is 1. The van der Waals surface area contributed by atoms with Crippen molar-refractivity contribution in [1.29, 1.82) is 0 Å². The first kappa shape index (κ1) is 18.6. The van der Waals surface area contributed by atoms with Gasteiger partial charge in [0.15, 0.2) is 0 Å². The molecule has 3 heterocycles. The molecule has 150 valence electrons. The van der Waals surface area contributed by atoms with Gasteiger partial charge in [-0.1, -0.05) is 49.9 Å². The number of fused-ring (bicyclic) bond motifs is 3. The summed E-state index contributed by atoms with van der Waals surface area (Å²) in [5.74, 6) is 1.40. The van der Waals surface area contributed by atoms with E-state index in [1.807, 2.05) is 36.4 Å². The van der Waals surface area contributed by atoms with Crippen LogP contribution < -0.4 is 5.56 Å². The molecule has 0 bridgehead atoms. The lowest BCUT2D eigenvalue weighted by Crippen LogP contribution is -2.10. The lowest BCUT2D eigenvalue weighted by atomic mass is 10.0. The van der Waals surface area contributed by atoms with E-state index < -0.39 is 0 Å². The maximum atomic E-state index is 12.5. The van der Waals surface area contributed by atoms with Crippen molar-refractivity contribution in [1.82, 2.24) is 30.2 Å². The Balaban J connectivity index is 1.43. The summed E-state index contributed by atoms with van der Waals surface area (Å²) in [6.45, 7) is 4.31. The highest BCUT2D eigenvalue weighted by molar-refractivity contribution is 7.98. The largest absolute Gasteiger partial charge is 0.449 e. The number of furan rings is 1. The van der Waals surface area contributed by atoms with Gasteiger partial charge in [0.1, 0.15) is 16.9 Å². The Kier molecular flexibility index (Phi) is 4.59. The fraction of sp³-hybridized carbons (Fsp3) is 0.190. The van der Waals surface area contributed by atoms with E-state index in [4.69, 9.17) is 4.42 Å². The van der Waals surface area contributed by atoms with Gasteiger partial charge in [0, 0.05) is 5.39 Å². The number of tetrazole rings is 1. The highest BCUT2D eigenvalue weighted by Crippen LogP contribution is 2.26. The summed E-state index contributed by atoms with van der Waals surface area (Å²) in [5, 5.41) is 13.5. The second kappa shape index (κ2) is 7.42. The molecule has 9 heteroatoms. The smallest absolute Gasteiger partial charge is 0.294 e. The summed E-state index contributed by atoms with van der Waals surface area (Å²) in [5.41, 5.74) is 3.28. The molecule has 0 atom stereocenters. The molecule has 0 amide bonds. The molecule has 0 fully saturated rings. The number of benzene rings is 2. The highest BCUT2D eigenvalue weighted by atomic mass is 32.2. The molecule has 8 nitrogen and oxygen atoms in total. The van der Waals surface area contributed by atoms with Crippen LogP contribution in [-0.4, -0.2) is 30.2 Å². The van der Waals surface area contributed by atoms with Gasteiger partial charge in [0.25, 0.3) is 5.56 Å². The van der Waals surface area contributed by atoms with Crippen molar-refractivity contribution in [2.45, 2.75) is 30.7 Å². The zero-order valence-electron chi connectivity index (χ0n) is 16.4. The lowest BCUT2D eigenvalue weighted by Gasteiger charge is -2.07. The van der Waals surface area contributed by atoms with Gasteiger partial charge in [-0.25, -0.2) is 4.98 Å². The number of aromatic amines is 1. The number of hydrogen-bond acceptors (Lipinski definition) is 7. The minimum absolute atomic E-state index is 0.236. The van der Waals surface area contributed by atoms with Gasteiger partial charge < -0.3 is 9.40 Å². The van der Waals surface area contributed by atoms with Crippen LogP contribution in [-0.2, 0) is 5.75 Å². The summed E-state index contributed by atoms with van der Waals surface area (Å²) in [4.78, 5) is 19.9. The number of hydrogen-bond donors (Lipinski definition) is 1. The van der Waals surface area contributed by atoms with Gasteiger partial charge in [-0.3, -0.25) is 4.79 Å². The van der Waals surface area contributed by atoms with Crippen molar-refractivity contribution in [3.05, 3.63) is 70.3 Å². The van der Waals surface area contributed by atoms with E-state index in [0.717, 1.165) is 11.1 Å². The van der Waals surface area contributed by atoms with E-state index in [-0.39, 0.29) is 11.1 Å². The monoisotopic (exact) mass is 418 g/mol. The molecular weight excluding hydrogens is 400 g/mol. The molecule has 2 aromatic carbocycles. The third-order valence-electron chi connectivity index (χ3n) is 4.86. The van der Waals surface area contributed by atoms with Crippen LogP contribution in [0, 0.1) is 0 Å². The lowest BCUT2D eigenvalue weighted by molar-refractivity contribution is 0.660. The first-order chi connectivity index (χ1) is 14.6. The Labute approximate surface area is 175 Å². The molecule has 0 saturated heterocycles.